The van der Waals surface area contributed by atoms with Crippen LogP contribution in [0.5, 0.6) is 11.8 Å². The van der Waals surface area contributed by atoms with Crippen molar-refractivity contribution >= 4 is 5.97 Å². The van der Waals surface area contributed by atoms with Gasteiger partial charge in [0.2, 0.25) is 0 Å². The lowest BCUT2D eigenvalue weighted by Crippen LogP contribution is -2.02. The molecule has 2 rings (SSSR count). The maximum atomic E-state index is 11.0. The number of nitriles is 1. The number of carboxylic acid groups (broad SMARTS) is 1. The van der Waals surface area contributed by atoms with Crippen molar-refractivity contribution in [2.75, 3.05) is 0 Å². The van der Waals surface area contributed by atoms with Gasteiger partial charge in [-0.2, -0.15) is 10.2 Å². The van der Waals surface area contributed by atoms with Crippen LogP contribution in [0.4, 0.5) is 0 Å². The summed E-state index contributed by atoms with van der Waals surface area (Å²) in [6, 6.07) is 8.00. The molecule has 0 aliphatic heterocycles. The molecule has 19 heavy (non-hydrogen) atoms. The molecule has 0 amide bonds. The third-order valence-corrected chi connectivity index (χ3v) is 2.46. The summed E-state index contributed by atoms with van der Waals surface area (Å²) in [4.78, 5) is 18.7. The molecule has 94 valence electrons. The van der Waals surface area contributed by atoms with Gasteiger partial charge >= 0.3 is 12.0 Å². The zero-order valence-electron chi connectivity index (χ0n) is 9.99. The summed E-state index contributed by atoms with van der Waals surface area (Å²) in [5, 5.41) is 17.7. The van der Waals surface area contributed by atoms with E-state index in [0.717, 1.165) is 0 Å². The van der Waals surface area contributed by atoms with Crippen molar-refractivity contribution < 1.29 is 14.6 Å². The highest BCUT2D eigenvalue weighted by Crippen LogP contribution is 2.25. The van der Waals surface area contributed by atoms with E-state index < -0.39 is 5.97 Å². The SMILES string of the molecule is Cc1c(Oc2nccc(C#N)n2)cccc1C(=O)O. The van der Waals surface area contributed by atoms with Crippen LogP contribution < -0.4 is 4.74 Å². The Kier molecular flexibility index (Phi) is 3.39. The second kappa shape index (κ2) is 5.14. The molecule has 0 bridgehead atoms. The summed E-state index contributed by atoms with van der Waals surface area (Å²) in [5.74, 6) is -0.690. The van der Waals surface area contributed by atoms with Gasteiger partial charge in [0.1, 0.15) is 17.5 Å². The smallest absolute Gasteiger partial charge is 0.336 e. The lowest BCUT2D eigenvalue weighted by Gasteiger charge is -2.08. The van der Waals surface area contributed by atoms with E-state index in [2.05, 4.69) is 9.97 Å². The number of nitrogens with zero attached hydrogens (tertiary/aromatic N) is 3. The van der Waals surface area contributed by atoms with Crippen molar-refractivity contribution in [1.82, 2.24) is 9.97 Å². The first-order valence-electron chi connectivity index (χ1n) is 5.35. The van der Waals surface area contributed by atoms with Gasteiger partial charge in [0.25, 0.3) is 0 Å². The predicted octanol–water partition coefficient (Wildman–Crippen LogP) is 2.15. The van der Waals surface area contributed by atoms with Gasteiger partial charge in [-0.05, 0) is 25.1 Å². The summed E-state index contributed by atoms with van der Waals surface area (Å²) in [6.07, 6.45) is 1.40. The molecular formula is C13H9N3O3. The van der Waals surface area contributed by atoms with Crippen molar-refractivity contribution in [1.29, 1.82) is 5.26 Å². The van der Waals surface area contributed by atoms with Crippen LogP contribution in [0.15, 0.2) is 30.5 Å². The van der Waals surface area contributed by atoms with Crippen LogP contribution in [0.1, 0.15) is 21.6 Å². The largest absolute Gasteiger partial charge is 0.478 e. The van der Waals surface area contributed by atoms with Crippen LogP contribution in [0.3, 0.4) is 0 Å². The standard InChI is InChI=1S/C13H9N3O3/c1-8-10(12(17)18)3-2-4-11(8)19-13-15-6-5-9(7-14)16-13/h2-6H,1H3,(H,17,18). The van der Waals surface area contributed by atoms with Gasteiger partial charge in [-0.3, -0.25) is 0 Å². The number of aromatic nitrogens is 2. The van der Waals surface area contributed by atoms with E-state index in [-0.39, 0.29) is 17.3 Å². The summed E-state index contributed by atoms with van der Waals surface area (Å²) in [7, 11) is 0. The first kappa shape index (κ1) is 12.5. The molecule has 0 fully saturated rings. The van der Waals surface area contributed by atoms with Crippen molar-refractivity contribution in [3.05, 3.63) is 47.3 Å². The topological polar surface area (TPSA) is 96.1 Å². The van der Waals surface area contributed by atoms with Crippen LogP contribution in [-0.2, 0) is 0 Å². The molecule has 0 spiro atoms. The Bertz CT molecular complexity index is 677. The van der Waals surface area contributed by atoms with Gasteiger partial charge in [0.05, 0.1) is 5.56 Å². The molecule has 0 aliphatic rings. The Morgan fingerprint density at radius 3 is 2.89 bits per heavy atom. The second-order valence-corrected chi connectivity index (χ2v) is 3.67. The van der Waals surface area contributed by atoms with E-state index in [1.165, 1.54) is 18.3 Å². The third-order valence-electron chi connectivity index (χ3n) is 2.46. The minimum absolute atomic E-state index is 0.00434. The minimum Gasteiger partial charge on any atom is -0.478 e. The normalized spacial score (nSPS) is 9.68. The van der Waals surface area contributed by atoms with Gasteiger partial charge in [-0.15, -0.1) is 0 Å². The summed E-state index contributed by atoms with van der Waals surface area (Å²) in [6.45, 7) is 1.63. The second-order valence-electron chi connectivity index (χ2n) is 3.67. The molecule has 6 heteroatoms. The van der Waals surface area contributed by atoms with E-state index in [1.807, 2.05) is 6.07 Å². The Balaban J connectivity index is 2.36. The molecule has 1 N–H and O–H groups in total. The third kappa shape index (κ3) is 2.66. The van der Waals surface area contributed by atoms with E-state index in [0.29, 0.717) is 11.3 Å². The molecule has 0 saturated carbocycles. The maximum Gasteiger partial charge on any atom is 0.336 e. The zero-order valence-corrected chi connectivity index (χ0v) is 9.99. The Morgan fingerprint density at radius 1 is 1.42 bits per heavy atom. The monoisotopic (exact) mass is 255 g/mol. The molecule has 1 heterocycles. The van der Waals surface area contributed by atoms with Crippen LogP contribution in [0, 0.1) is 18.3 Å². The minimum atomic E-state index is -1.03. The van der Waals surface area contributed by atoms with E-state index >= 15 is 0 Å². The summed E-state index contributed by atoms with van der Waals surface area (Å²) in [5.41, 5.74) is 0.798. The fraction of sp³-hybridized carbons (Fsp3) is 0.0769. The van der Waals surface area contributed by atoms with Gasteiger partial charge in [0, 0.05) is 11.8 Å². The number of hydrogen-bond donors (Lipinski definition) is 1. The van der Waals surface area contributed by atoms with Crippen LogP contribution in [0.25, 0.3) is 0 Å². The fourth-order valence-corrected chi connectivity index (χ4v) is 1.51. The predicted molar refractivity (Wildman–Crippen MR) is 65.0 cm³/mol. The van der Waals surface area contributed by atoms with E-state index in [4.69, 9.17) is 15.1 Å². The lowest BCUT2D eigenvalue weighted by molar-refractivity contribution is 0.0695. The van der Waals surface area contributed by atoms with E-state index in [1.54, 1.807) is 19.1 Å². The molecule has 2 aromatic rings. The molecule has 0 atom stereocenters. The number of rotatable bonds is 3. The van der Waals surface area contributed by atoms with Crippen LogP contribution in [0.2, 0.25) is 0 Å². The van der Waals surface area contributed by atoms with Crippen molar-refractivity contribution in [2.45, 2.75) is 6.92 Å². The zero-order chi connectivity index (χ0) is 13.8. The van der Waals surface area contributed by atoms with Crippen LogP contribution >= 0.6 is 0 Å². The maximum absolute atomic E-state index is 11.0. The quantitative estimate of drug-likeness (QED) is 0.902. The fourth-order valence-electron chi connectivity index (χ4n) is 1.51. The molecule has 0 aliphatic carbocycles. The lowest BCUT2D eigenvalue weighted by atomic mass is 10.1. The van der Waals surface area contributed by atoms with E-state index in [9.17, 15) is 4.79 Å². The molecule has 1 aromatic heterocycles. The first-order chi connectivity index (χ1) is 9.11. The highest BCUT2D eigenvalue weighted by atomic mass is 16.5. The molecule has 0 unspecified atom stereocenters. The Labute approximate surface area is 108 Å². The van der Waals surface area contributed by atoms with Gasteiger partial charge in [-0.1, -0.05) is 6.07 Å². The van der Waals surface area contributed by atoms with Crippen LogP contribution in [-0.4, -0.2) is 21.0 Å². The summed E-state index contributed by atoms with van der Waals surface area (Å²) >= 11 is 0. The van der Waals surface area contributed by atoms with Crippen molar-refractivity contribution in [3.8, 4) is 17.8 Å². The number of aromatic carboxylic acids is 1. The Morgan fingerprint density at radius 2 is 2.21 bits per heavy atom. The van der Waals surface area contributed by atoms with Gasteiger partial charge in [-0.25, -0.2) is 9.78 Å². The van der Waals surface area contributed by atoms with Gasteiger partial charge in [0.15, 0.2) is 0 Å². The number of ether oxygens (including phenoxy) is 1. The number of carboxylic acids is 1. The Hall–Kier alpha value is -2.94. The average molecular weight is 255 g/mol. The summed E-state index contributed by atoms with van der Waals surface area (Å²) < 4.78 is 5.41. The average Bonchev–Trinajstić information content (AvgIpc) is 2.41. The number of benzene rings is 1. The molecule has 0 radical (unpaired) electrons. The molecule has 1 aromatic carbocycles. The van der Waals surface area contributed by atoms with Crippen molar-refractivity contribution in [2.24, 2.45) is 0 Å². The number of carbonyl (C=O) groups is 1. The highest BCUT2D eigenvalue weighted by Gasteiger charge is 2.12. The number of hydrogen-bond acceptors (Lipinski definition) is 5. The molecule has 6 nitrogen and oxygen atoms in total. The first-order valence-corrected chi connectivity index (χ1v) is 5.35. The molecule has 0 saturated heterocycles. The van der Waals surface area contributed by atoms with Crippen molar-refractivity contribution in [3.63, 3.8) is 0 Å². The van der Waals surface area contributed by atoms with Gasteiger partial charge < -0.3 is 9.84 Å². The highest BCUT2D eigenvalue weighted by molar-refractivity contribution is 5.90. The molecular weight excluding hydrogens is 246 g/mol.